The van der Waals surface area contributed by atoms with E-state index in [2.05, 4.69) is 39.9 Å². The summed E-state index contributed by atoms with van der Waals surface area (Å²) < 4.78 is 1.86. The van der Waals surface area contributed by atoms with Gasteiger partial charge in [0.15, 0.2) is 11.0 Å². The first-order chi connectivity index (χ1) is 16.5. The standard InChI is InChI=1S/C25H23Cl2N5OS/c1-17-7-5-6-10-19(17)16-34-25-31-30-23(32(25)22-12-11-20(26)13-21(22)27)15-29-24(33)28-14-18-8-3-2-4-9-18/h2-13H,14-16H2,1H3,(H2,28,29,33). The molecular formula is C25H23Cl2N5OS. The van der Waals surface area contributed by atoms with Crippen LogP contribution in [-0.4, -0.2) is 20.8 Å². The van der Waals surface area contributed by atoms with Crippen LogP contribution in [-0.2, 0) is 18.8 Å². The number of benzene rings is 3. The van der Waals surface area contributed by atoms with Gasteiger partial charge in [0.1, 0.15) is 0 Å². The van der Waals surface area contributed by atoms with E-state index in [-0.39, 0.29) is 12.6 Å². The maximum atomic E-state index is 12.4. The van der Waals surface area contributed by atoms with Crippen LogP contribution in [0.4, 0.5) is 4.79 Å². The van der Waals surface area contributed by atoms with Crippen LogP contribution in [0.2, 0.25) is 10.0 Å². The first-order valence-corrected chi connectivity index (χ1v) is 12.4. The molecule has 2 amide bonds. The van der Waals surface area contributed by atoms with E-state index in [4.69, 9.17) is 23.2 Å². The molecule has 0 radical (unpaired) electrons. The Morgan fingerprint density at radius 2 is 1.68 bits per heavy atom. The molecule has 174 valence electrons. The molecule has 3 aromatic carbocycles. The van der Waals surface area contributed by atoms with Crippen molar-refractivity contribution in [2.45, 2.75) is 30.9 Å². The summed E-state index contributed by atoms with van der Waals surface area (Å²) in [5, 5.41) is 16.1. The maximum Gasteiger partial charge on any atom is 0.315 e. The molecule has 0 saturated carbocycles. The molecule has 0 aliphatic heterocycles. The predicted molar refractivity (Wildman–Crippen MR) is 138 cm³/mol. The molecule has 4 aromatic rings. The average molecular weight is 512 g/mol. The molecule has 9 heteroatoms. The highest BCUT2D eigenvalue weighted by Gasteiger charge is 2.18. The molecule has 6 nitrogen and oxygen atoms in total. The van der Waals surface area contributed by atoms with Crippen molar-refractivity contribution in [3.63, 3.8) is 0 Å². The average Bonchev–Trinajstić information content (AvgIpc) is 3.24. The Balaban J connectivity index is 1.52. The second-order valence-electron chi connectivity index (χ2n) is 7.57. The number of aromatic nitrogens is 3. The zero-order valence-corrected chi connectivity index (χ0v) is 20.8. The largest absolute Gasteiger partial charge is 0.334 e. The van der Waals surface area contributed by atoms with Gasteiger partial charge in [-0.05, 0) is 41.8 Å². The lowest BCUT2D eigenvalue weighted by atomic mass is 10.1. The highest BCUT2D eigenvalue weighted by atomic mass is 35.5. The van der Waals surface area contributed by atoms with Gasteiger partial charge in [-0.2, -0.15) is 0 Å². The summed E-state index contributed by atoms with van der Waals surface area (Å²) in [7, 11) is 0. The topological polar surface area (TPSA) is 71.8 Å². The Bertz CT molecular complexity index is 1280. The van der Waals surface area contributed by atoms with E-state index in [0.29, 0.717) is 33.3 Å². The highest BCUT2D eigenvalue weighted by Crippen LogP contribution is 2.31. The molecule has 4 rings (SSSR count). The van der Waals surface area contributed by atoms with Crippen molar-refractivity contribution in [1.82, 2.24) is 25.4 Å². The summed E-state index contributed by atoms with van der Waals surface area (Å²) in [4.78, 5) is 12.4. The minimum Gasteiger partial charge on any atom is -0.334 e. The predicted octanol–water partition coefficient (Wildman–Crippen LogP) is 6.17. The molecule has 0 atom stereocenters. The number of nitrogens with zero attached hydrogens (tertiary/aromatic N) is 3. The molecule has 0 spiro atoms. The number of hydrogen-bond acceptors (Lipinski definition) is 4. The van der Waals surface area contributed by atoms with Crippen LogP contribution in [0, 0.1) is 6.92 Å². The molecule has 1 heterocycles. The van der Waals surface area contributed by atoms with Gasteiger partial charge in [0, 0.05) is 17.3 Å². The van der Waals surface area contributed by atoms with E-state index in [1.54, 1.807) is 23.9 Å². The Labute approximate surface area is 212 Å². The zero-order valence-electron chi connectivity index (χ0n) is 18.5. The van der Waals surface area contributed by atoms with Crippen LogP contribution >= 0.6 is 35.0 Å². The first-order valence-electron chi connectivity index (χ1n) is 10.6. The third-order valence-corrected chi connectivity index (χ3v) is 6.69. The number of aryl methyl sites for hydroxylation is 1. The minimum atomic E-state index is -0.297. The van der Waals surface area contributed by atoms with Crippen molar-refractivity contribution in [3.05, 3.63) is 105 Å². The lowest BCUT2D eigenvalue weighted by molar-refractivity contribution is 0.240. The van der Waals surface area contributed by atoms with Crippen molar-refractivity contribution in [2.75, 3.05) is 0 Å². The third kappa shape index (κ3) is 6.11. The SMILES string of the molecule is Cc1ccccc1CSc1nnc(CNC(=O)NCc2ccccc2)n1-c1ccc(Cl)cc1Cl. The van der Waals surface area contributed by atoms with Crippen LogP contribution in [0.3, 0.4) is 0 Å². The lowest BCUT2D eigenvalue weighted by Crippen LogP contribution is -2.35. The van der Waals surface area contributed by atoms with Gasteiger partial charge in [-0.15, -0.1) is 10.2 Å². The van der Waals surface area contributed by atoms with Crippen LogP contribution in [0.5, 0.6) is 0 Å². The van der Waals surface area contributed by atoms with E-state index in [1.807, 2.05) is 53.1 Å². The number of carbonyl (C=O) groups is 1. The summed E-state index contributed by atoms with van der Waals surface area (Å²) in [6, 6.07) is 22.9. The summed E-state index contributed by atoms with van der Waals surface area (Å²) in [5.41, 5.74) is 4.14. The van der Waals surface area contributed by atoms with Crippen molar-refractivity contribution in [2.24, 2.45) is 0 Å². The van der Waals surface area contributed by atoms with Gasteiger partial charge in [0.2, 0.25) is 0 Å². The number of thioether (sulfide) groups is 1. The second kappa shape index (κ2) is 11.4. The van der Waals surface area contributed by atoms with Gasteiger partial charge in [-0.25, -0.2) is 4.79 Å². The Kier molecular flexibility index (Phi) is 8.11. The first kappa shape index (κ1) is 24.1. The van der Waals surface area contributed by atoms with Gasteiger partial charge < -0.3 is 10.6 Å². The van der Waals surface area contributed by atoms with E-state index in [0.717, 1.165) is 11.3 Å². The van der Waals surface area contributed by atoms with Gasteiger partial charge in [0.25, 0.3) is 0 Å². The number of nitrogens with one attached hydrogen (secondary N) is 2. The van der Waals surface area contributed by atoms with E-state index in [9.17, 15) is 4.79 Å². The molecule has 0 fully saturated rings. The quantitative estimate of drug-likeness (QED) is 0.277. The van der Waals surface area contributed by atoms with Crippen LogP contribution in [0.15, 0.2) is 78.0 Å². The normalized spacial score (nSPS) is 10.8. The van der Waals surface area contributed by atoms with E-state index in [1.165, 1.54) is 11.1 Å². The molecule has 0 aliphatic rings. The summed E-state index contributed by atoms with van der Waals surface area (Å²) >= 11 is 14.2. The number of halogens is 2. The van der Waals surface area contributed by atoms with Crippen molar-refractivity contribution in [1.29, 1.82) is 0 Å². The third-order valence-electron chi connectivity index (χ3n) is 5.17. The smallest absolute Gasteiger partial charge is 0.315 e. The number of amides is 2. The molecule has 0 aliphatic carbocycles. The number of urea groups is 1. The number of rotatable bonds is 8. The van der Waals surface area contributed by atoms with Crippen molar-refractivity contribution in [3.8, 4) is 5.69 Å². The molecule has 0 bridgehead atoms. The molecule has 2 N–H and O–H groups in total. The van der Waals surface area contributed by atoms with Gasteiger partial charge >= 0.3 is 6.03 Å². The molecule has 1 aromatic heterocycles. The molecule has 0 unspecified atom stereocenters. The summed E-state index contributed by atoms with van der Waals surface area (Å²) in [6.07, 6.45) is 0. The highest BCUT2D eigenvalue weighted by molar-refractivity contribution is 7.98. The summed E-state index contributed by atoms with van der Waals surface area (Å²) in [5.74, 6) is 1.28. The fraction of sp³-hybridized carbons (Fsp3) is 0.160. The van der Waals surface area contributed by atoms with Gasteiger partial charge in [-0.3, -0.25) is 4.57 Å². The van der Waals surface area contributed by atoms with Crippen molar-refractivity contribution >= 4 is 41.0 Å². The van der Waals surface area contributed by atoms with Crippen molar-refractivity contribution < 1.29 is 4.79 Å². The maximum absolute atomic E-state index is 12.4. The molecular weight excluding hydrogens is 489 g/mol. The van der Waals surface area contributed by atoms with Crippen LogP contribution < -0.4 is 10.6 Å². The Morgan fingerprint density at radius 3 is 2.44 bits per heavy atom. The number of carbonyl (C=O) groups excluding carboxylic acids is 1. The Hall–Kier alpha value is -3.00. The van der Waals surface area contributed by atoms with Gasteiger partial charge in [0.05, 0.1) is 17.3 Å². The van der Waals surface area contributed by atoms with E-state index < -0.39 is 0 Å². The fourth-order valence-electron chi connectivity index (χ4n) is 3.33. The number of hydrogen-bond donors (Lipinski definition) is 2. The van der Waals surface area contributed by atoms with Gasteiger partial charge in [-0.1, -0.05) is 89.6 Å². The fourth-order valence-corrected chi connectivity index (χ4v) is 4.86. The van der Waals surface area contributed by atoms with Crippen LogP contribution in [0.1, 0.15) is 22.5 Å². The van der Waals surface area contributed by atoms with Crippen LogP contribution in [0.25, 0.3) is 5.69 Å². The Morgan fingerprint density at radius 1 is 0.941 bits per heavy atom. The second-order valence-corrected chi connectivity index (χ2v) is 9.35. The minimum absolute atomic E-state index is 0.178. The molecule has 34 heavy (non-hydrogen) atoms. The lowest BCUT2D eigenvalue weighted by Gasteiger charge is -2.13. The molecule has 0 saturated heterocycles. The monoisotopic (exact) mass is 511 g/mol. The summed E-state index contributed by atoms with van der Waals surface area (Å²) in [6.45, 7) is 2.69. The van der Waals surface area contributed by atoms with E-state index >= 15 is 0 Å². The zero-order chi connectivity index (χ0) is 23.9.